The Morgan fingerprint density at radius 3 is 2.83 bits per heavy atom. The molecule has 3 aromatic rings. The summed E-state index contributed by atoms with van der Waals surface area (Å²) in [5.74, 6) is -0.0880. The number of halogens is 1. The Balaban J connectivity index is 1.67. The zero-order valence-electron chi connectivity index (χ0n) is 13.0. The minimum atomic E-state index is -0.253. The third kappa shape index (κ3) is 2.63. The molecule has 5 heteroatoms. The monoisotopic (exact) mass is 338 g/mol. The van der Waals surface area contributed by atoms with E-state index in [0.29, 0.717) is 21.5 Å². The van der Waals surface area contributed by atoms with Gasteiger partial charge in [-0.25, -0.2) is 4.98 Å². The zero-order chi connectivity index (χ0) is 16.7. The lowest BCUT2D eigenvalue weighted by atomic mass is 10.0. The van der Waals surface area contributed by atoms with Crippen LogP contribution in [0.2, 0.25) is 5.02 Å². The summed E-state index contributed by atoms with van der Waals surface area (Å²) >= 11 is 5.96. The number of ketones is 1. The summed E-state index contributed by atoms with van der Waals surface area (Å²) in [5, 5.41) is 0.899. The van der Waals surface area contributed by atoms with E-state index in [9.17, 15) is 9.59 Å². The third-order valence-electron chi connectivity index (χ3n) is 4.52. The lowest BCUT2D eigenvalue weighted by molar-refractivity contribution is 0.0970. The number of hydrogen-bond donors (Lipinski definition) is 0. The van der Waals surface area contributed by atoms with Gasteiger partial charge in [-0.15, -0.1) is 0 Å². The van der Waals surface area contributed by atoms with E-state index >= 15 is 0 Å². The Morgan fingerprint density at radius 1 is 1.12 bits per heavy atom. The van der Waals surface area contributed by atoms with Gasteiger partial charge in [0.2, 0.25) is 0 Å². The first-order valence-electron chi connectivity index (χ1n) is 7.91. The van der Waals surface area contributed by atoms with Crippen LogP contribution in [0.5, 0.6) is 0 Å². The number of hydrogen-bond acceptors (Lipinski definition) is 3. The standard InChI is InChI=1S/C19H15ClN2O2/c20-15-6-7-17-16(9-15)19(24)22(11-21-17)10-18(23)14-5-4-12-2-1-3-13(12)8-14/h4-9,11H,1-3,10H2. The van der Waals surface area contributed by atoms with E-state index in [4.69, 9.17) is 11.6 Å². The number of Topliss-reactive ketones (excluding diaryl/α,β-unsaturated/α-hetero) is 1. The number of carbonyl (C=O) groups excluding carboxylic acids is 1. The van der Waals surface area contributed by atoms with E-state index in [0.717, 1.165) is 19.3 Å². The van der Waals surface area contributed by atoms with Crippen molar-refractivity contribution in [1.82, 2.24) is 9.55 Å². The fourth-order valence-corrected chi connectivity index (χ4v) is 3.41. The molecule has 0 amide bonds. The molecular weight excluding hydrogens is 324 g/mol. The molecule has 1 aliphatic carbocycles. The highest BCUT2D eigenvalue weighted by Gasteiger charge is 2.15. The predicted molar refractivity (Wildman–Crippen MR) is 93.8 cm³/mol. The van der Waals surface area contributed by atoms with E-state index < -0.39 is 0 Å². The second-order valence-electron chi connectivity index (χ2n) is 6.10. The number of fused-ring (bicyclic) bond motifs is 2. The maximum absolute atomic E-state index is 12.6. The number of rotatable bonds is 3. The Labute approximate surface area is 143 Å². The van der Waals surface area contributed by atoms with E-state index in [1.54, 1.807) is 18.2 Å². The fraction of sp³-hybridized carbons (Fsp3) is 0.211. The summed E-state index contributed by atoms with van der Waals surface area (Å²) in [6.45, 7) is -0.0208. The van der Waals surface area contributed by atoms with Crippen molar-refractivity contribution in [3.05, 3.63) is 74.8 Å². The van der Waals surface area contributed by atoms with Crippen LogP contribution in [-0.4, -0.2) is 15.3 Å². The normalized spacial score (nSPS) is 13.2. The van der Waals surface area contributed by atoms with Gasteiger partial charge in [-0.2, -0.15) is 0 Å². The highest BCUT2D eigenvalue weighted by atomic mass is 35.5. The van der Waals surface area contributed by atoms with Crippen LogP contribution in [0.25, 0.3) is 10.9 Å². The maximum atomic E-state index is 12.6. The number of benzene rings is 2. The number of aromatic nitrogens is 2. The summed E-state index contributed by atoms with van der Waals surface area (Å²) in [6.07, 6.45) is 4.66. The van der Waals surface area contributed by atoms with Crippen LogP contribution in [0.4, 0.5) is 0 Å². The SMILES string of the molecule is O=C(Cn1cnc2ccc(Cl)cc2c1=O)c1ccc2c(c1)CCC2. The molecule has 0 aliphatic heterocycles. The average Bonchev–Trinajstić information content (AvgIpc) is 3.05. The molecule has 24 heavy (non-hydrogen) atoms. The Bertz CT molecular complexity index is 1020. The van der Waals surface area contributed by atoms with Crippen molar-refractivity contribution >= 4 is 28.3 Å². The largest absolute Gasteiger partial charge is 0.292 e. The summed E-state index contributed by atoms with van der Waals surface area (Å²) in [5.41, 5.74) is 3.54. The van der Waals surface area contributed by atoms with Gasteiger partial charge in [-0.1, -0.05) is 23.7 Å². The Morgan fingerprint density at radius 2 is 1.96 bits per heavy atom. The molecule has 0 unspecified atom stereocenters. The minimum absolute atomic E-state index is 0.0208. The fourth-order valence-electron chi connectivity index (χ4n) is 3.24. The average molecular weight is 339 g/mol. The summed E-state index contributed by atoms with van der Waals surface area (Å²) in [7, 11) is 0. The molecular formula is C19H15ClN2O2. The quantitative estimate of drug-likeness (QED) is 0.687. The lowest BCUT2D eigenvalue weighted by Gasteiger charge is -2.08. The number of aryl methyl sites for hydroxylation is 2. The van der Waals surface area contributed by atoms with Crippen molar-refractivity contribution in [2.75, 3.05) is 0 Å². The molecule has 1 aliphatic rings. The van der Waals surface area contributed by atoms with E-state index in [-0.39, 0.29) is 17.9 Å². The van der Waals surface area contributed by atoms with Crippen LogP contribution in [0.15, 0.2) is 47.5 Å². The van der Waals surface area contributed by atoms with Crippen molar-refractivity contribution in [3.8, 4) is 0 Å². The maximum Gasteiger partial charge on any atom is 0.261 e. The third-order valence-corrected chi connectivity index (χ3v) is 4.76. The van der Waals surface area contributed by atoms with Crippen LogP contribution >= 0.6 is 11.6 Å². The van der Waals surface area contributed by atoms with Crippen LogP contribution in [-0.2, 0) is 19.4 Å². The molecule has 1 aromatic heterocycles. The van der Waals surface area contributed by atoms with Gasteiger partial charge in [0, 0.05) is 10.6 Å². The summed E-state index contributed by atoms with van der Waals surface area (Å²) < 4.78 is 1.34. The second-order valence-corrected chi connectivity index (χ2v) is 6.54. The first-order valence-corrected chi connectivity index (χ1v) is 8.29. The van der Waals surface area contributed by atoms with Gasteiger partial charge < -0.3 is 0 Å². The number of carbonyl (C=O) groups is 1. The molecule has 0 spiro atoms. The number of nitrogens with zero attached hydrogens (tertiary/aromatic N) is 2. The van der Waals surface area contributed by atoms with Gasteiger partial charge in [0.1, 0.15) is 0 Å². The molecule has 0 bridgehead atoms. The zero-order valence-corrected chi connectivity index (χ0v) is 13.7. The molecule has 0 atom stereocenters. The van der Waals surface area contributed by atoms with E-state index in [2.05, 4.69) is 4.98 Å². The molecule has 120 valence electrons. The van der Waals surface area contributed by atoms with Crippen LogP contribution in [0, 0.1) is 0 Å². The molecule has 0 saturated heterocycles. The van der Waals surface area contributed by atoms with Crippen molar-refractivity contribution in [2.45, 2.75) is 25.8 Å². The van der Waals surface area contributed by atoms with Gasteiger partial charge in [-0.05, 0) is 54.7 Å². The predicted octanol–water partition coefficient (Wildman–Crippen LogP) is 3.42. The molecule has 0 fully saturated rings. The topological polar surface area (TPSA) is 52.0 Å². The molecule has 0 radical (unpaired) electrons. The lowest BCUT2D eigenvalue weighted by Crippen LogP contribution is -2.24. The molecule has 1 heterocycles. The molecule has 0 saturated carbocycles. The van der Waals surface area contributed by atoms with Gasteiger partial charge in [0.15, 0.2) is 5.78 Å². The second kappa shape index (κ2) is 5.87. The summed E-state index contributed by atoms with van der Waals surface area (Å²) in [6, 6.07) is 10.8. The highest BCUT2D eigenvalue weighted by molar-refractivity contribution is 6.31. The van der Waals surface area contributed by atoms with Gasteiger partial charge >= 0.3 is 0 Å². The van der Waals surface area contributed by atoms with E-state index in [1.807, 2.05) is 18.2 Å². The van der Waals surface area contributed by atoms with Gasteiger partial charge in [0.05, 0.1) is 23.8 Å². The van der Waals surface area contributed by atoms with E-state index in [1.165, 1.54) is 22.0 Å². The van der Waals surface area contributed by atoms with Crippen molar-refractivity contribution in [2.24, 2.45) is 0 Å². The Hall–Kier alpha value is -2.46. The van der Waals surface area contributed by atoms with Crippen LogP contribution in [0.3, 0.4) is 0 Å². The van der Waals surface area contributed by atoms with Crippen molar-refractivity contribution < 1.29 is 4.79 Å². The van der Waals surface area contributed by atoms with Crippen LogP contribution in [0.1, 0.15) is 27.9 Å². The molecule has 4 nitrogen and oxygen atoms in total. The smallest absolute Gasteiger partial charge is 0.261 e. The minimum Gasteiger partial charge on any atom is -0.292 e. The molecule has 0 N–H and O–H groups in total. The first kappa shape index (κ1) is 15.1. The highest BCUT2D eigenvalue weighted by Crippen LogP contribution is 2.23. The first-order chi connectivity index (χ1) is 11.6. The molecule has 4 rings (SSSR count). The Kier molecular flexibility index (Phi) is 3.69. The van der Waals surface area contributed by atoms with Crippen LogP contribution < -0.4 is 5.56 Å². The van der Waals surface area contributed by atoms with Crippen molar-refractivity contribution in [3.63, 3.8) is 0 Å². The molecule has 2 aromatic carbocycles. The van der Waals surface area contributed by atoms with Gasteiger partial charge in [-0.3, -0.25) is 14.2 Å². The van der Waals surface area contributed by atoms with Crippen molar-refractivity contribution in [1.29, 1.82) is 0 Å². The summed E-state index contributed by atoms with van der Waals surface area (Å²) in [4.78, 5) is 29.3. The van der Waals surface area contributed by atoms with Gasteiger partial charge in [0.25, 0.3) is 5.56 Å².